The lowest BCUT2D eigenvalue weighted by Crippen LogP contribution is -2.45. The topological polar surface area (TPSA) is 20.3 Å². The summed E-state index contributed by atoms with van der Waals surface area (Å²) < 4.78 is 0. The molecular formula is C25H25NO. The summed E-state index contributed by atoms with van der Waals surface area (Å²) in [5.41, 5.74) is 5.41. The van der Waals surface area contributed by atoms with Gasteiger partial charge < -0.3 is 4.90 Å². The number of nitrogens with zero attached hydrogens (tertiary/aromatic N) is 1. The molecule has 1 amide bonds. The molecule has 1 heterocycles. The van der Waals surface area contributed by atoms with Crippen LogP contribution in [0, 0.1) is 0 Å². The molecule has 27 heavy (non-hydrogen) atoms. The summed E-state index contributed by atoms with van der Waals surface area (Å²) in [7, 11) is 0. The van der Waals surface area contributed by atoms with Gasteiger partial charge in [0.15, 0.2) is 0 Å². The molecule has 0 aliphatic carbocycles. The van der Waals surface area contributed by atoms with Crippen LogP contribution in [0.4, 0.5) is 0 Å². The zero-order chi connectivity index (χ0) is 18.6. The number of amides is 1. The van der Waals surface area contributed by atoms with E-state index in [1.54, 1.807) is 0 Å². The first-order valence-electron chi connectivity index (χ1n) is 9.80. The number of fused-ring (bicyclic) bond motifs is 1. The number of carbonyl (C=O) groups is 1. The smallest absolute Gasteiger partial charge is 0.255 e. The summed E-state index contributed by atoms with van der Waals surface area (Å²) in [5, 5.41) is 0. The Labute approximate surface area is 161 Å². The summed E-state index contributed by atoms with van der Waals surface area (Å²) >= 11 is 0. The van der Waals surface area contributed by atoms with Crippen molar-refractivity contribution in [3.05, 3.63) is 95.6 Å². The first-order chi connectivity index (χ1) is 13.3. The van der Waals surface area contributed by atoms with Crippen molar-refractivity contribution in [3.8, 4) is 11.1 Å². The van der Waals surface area contributed by atoms with Gasteiger partial charge in [-0.15, -0.1) is 0 Å². The molecule has 3 aromatic rings. The van der Waals surface area contributed by atoms with Gasteiger partial charge in [-0.05, 0) is 35.1 Å². The SMILES string of the molecule is CCCC1Cc2cccc(-c3ccccc3)c2C(=O)N1Cc1ccccc1. The highest BCUT2D eigenvalue weighted by Gasteiger charge is 2.33. The van der Waals surface area contributed by atoms with Crippen molar-refractivity contribution in [3.63, 3.8) is 0 Å². The zero-order valence-corrected chi connectivity index (χ0v) is 15.8. The molecule has 1 unspecified atom stereocenters. The molecule has 1 aliphatic rings. The van der Waals surface area contributed by atoms with Crippen LogP contribution >= 0.6 is 0 Å². The van der Waals surface area contributed by atoms with Crippen LogP contribution in [0.3, 0.4) is 0 Å². The Morgan fingerprint density at radius 3 is 2.30 bits per heavy atom. The molecule has 0 aromatic heterocycles. The van der Waals surface area contributed by atoms with Gasteiger partial charge in [-0.2, -0.15) is 0 Å². The third-order valence-electron chi connectivity index (χ3n) is 5.42. The minimum Gasteiger partial charge on any atom is -0.331 e. The van der Waals surface area contributed by atoms with E-state index in [-0.39, 0.29) is 11.9 Å². The van der Waals surface area contributed by atoms with Gasteiger partial charge in [0.2, 0.25) is 0 Å². The number of hydrogen-bond acceptors (Lipinski definition) is 1. The molecule has 0 saturated carbocycles. The lowest BCUT2D eigenvalue weighted by Gasteiger charge is -2.38. The highest BCUT2D eigenvalue weighted by Crippen LogP contribution is 2.34. The van der Waals surface area contributed by atoms with E-state index in [1.807, 2.05) is 36.4 Å². The number of rotatable bonds is 5. The van der Waals surface area contributed by atoms with Crippen molar-refractivity contribution in [1.82, 2.24) is 4.90 Å². The normalized spacial score (nSPS) is 16.3. The second kappa shape index (κ2) is 7.79. The molecular weight excluding hydrogens is 330 g/mol. The number of carbonyl (C=O) groups excluding carboxylic acids is 1. The first-order valence-corrected chi connectivity index (χ1v) is 9.80. The van der Waals surface area contributed by atoms with Gasteiger partial charge >= 0.3 is 0 Å². The van der Waals surface area contributed by atoms with Crippen LogP contribution in [-0.2, 0) is 13.0 Å². The van der Waals surface area contributed by atoms with Crippen molar-refractivity contribution < 1.29 is 4.79 Å². The molecule has 0 saturated heterocycles. The monoisotopic (exact) mass is 355 g/mol. The fraction of sp³-hybridized carbons (Fsp3) is 0.240. The van der Waals surface area contributed by atoms with Gasteiger partial charge in [0, 0.05) is 12.6 Å². The summed E-state index contributed by atoms with van der Waals surface area (Å²) in [6, 6.07) is 27.1. The van der Waals surface area contributed by atoms with Crippen LogP contribution in [-0.4, -0.2) is 16.8 Å². The Bertz CT molecular complexity index is 918. The molecule has 0 radical (unpaired) electrons. The molecule has 0 spiro atoms. The Balaban J connectivity index is 1.76. The fourth-order valence-electron chi connectivity index (χ4n) is 4.13. The van der Waals surface area contributed by atoms with Crippen LogP contribution in [0.2, 0.25) is 0 Å². The molecule has 0 bridgehead atoms. The van der Waals surface area contributed by atoms with Crippen molar-refractivity contribution in [2.24, 2.45) is 0 Å². The molecule has 3 aromatic carbocycles. The highest BCUT2D eigenvalue weighted by atomic mass is 16.2. The Morgan fingerprint density at radius 1 is 0.889 bits per heavy atom. The minimum atomic E-state index is 0.165. The summed E-state index contributed by atoms with van der Waals surface area (Å²) in [4.78, 5) is 15.7. The predicted molar refractivity (Wildman–Crippen MR) is 111 cm³/mol. The minimum absolute atomic E-state index is 0.165. The van der Waals surface area contributed by atoms with E-state index in [1.165, 1.54) is 11.1 Å². The first kappa shape index (κ1) is 17.5. The van der Waals surface area contributed by atoms with E-state index in [0.717, 1.165) is 36.0 Å². The Hall–Kier alpha value is -2.87. The molecule has 136 valence electrons. The molecule has 2 heteroatoms. The second-order valence-electron chi connectivity index (χ2n) is 7.27. The van der Waals surface area contributed by atoms with Crippen molar-refractivity contribution >= 4 is 5.91 Å². The summed E-state index contributed by atoms with van der Waals surface area (Å²) in [6.07, 6.45) is 3.05. The van der Waals surface area contributed by atoms with Crippen LogP contribution < -0.4 is 0 Å². The molecule has 1 atom stereocenters. The summed E-state index contributed by atoms with van der Waals surface area (Å²) in [6.45, 7) is 2.87. The zero-order valence-electron chi connectivity index (χ0n) is 15.8. The Morgan fingerprint density at radius 2 is 1.59 bits per heavy atom. The number of hydrogen-bond donors (Lipinski definition) is 0. The fourth-order valence-corrected chi connectivity index (χ4v) is 4.13. The van der Waals surface area contributed by atoms with Gasteiger partial charge in [0.05, 0.1) is 5.56 Å². The highest BCUT2D eigenvalue weighted by molar-refractivity contribution is 6.03. The average Bonchev–Trinajstić information content (AvgIpc) is 2.72. The van der Waals surface area contributed by atoms with Gasteiger partial charge in [0.25, 0.3) is 5.91 Å². The maximum atomic E-state index is 13.6. The number of benzene rings is 3. The molecule has 2 nitrogen and oxygen atoms in total. The van der Waals surface area contributed by atoms with Gasteiger partial charge in [-0.25, -0.2) is 0 Å². The van der Waals surface area contributed by atoms with Gasteiger partial charge in [0.1, 0.15) is 0 Å². The van der Waals surface area contributed by atoms with Crippen LogP contribution in [0.15, 0.2) is 78.9 Å². The van der Waals surface area contributed by atoms with E-state index in [2.05, 4.69) is 54.3 Å². The lowest BCUT2D eigenvalue weighted by molar-refractivity contribution is 0.0621. The van der Waals surface area contributed by atoms with Gasteiger partial charge in [-0.3, -0.25) is 4.79 Å². The predicted octanol–water partition coefficient (Wildman–Crippen LogP) is 5.72. The van der Waals surface area contributed by atoms with Crippen LogP contribution in [0.1, 0.15) is 41.3 Å². The largest absolute Gasteiger partial charge is 0.331 e. The van der Waals surface area contributed by atoms with Crippen molar-refractivity contribution in [2.45, 2.75) is 38.8 Å². The van der Waals surface area contributed by atoms with Crippen LogP contribution in [0.25, 0.3) is 11.1 Å². The lowest BCUT2D eigenvalue weighted by atomic mass is 9.86. The van der Waals surface area contributed by atoms with E-state index in [9.17, 15) is 4.79 Å². The molecule has 4 rings (SSSR count). The third-order valence-corrected chi connectivity index (χ3v) is 5.42. The maximum absolute atomic E-state index is 13.6. The quantitative estimate of drug-likeness (QED) is 0.573. The van der Waals surface area contributed by atoms with Crippen molar-refractivity contribution in [2.75, 3.05) is 0 Å². The van der Waals surface area contributed by atoms with E-state index in [0.29, 0.717) is 6.54 Å². The summed E-state index contributed by atoms with van der Waals surface area (Å²) in [5.74, 6) is 0.165. The van der Waals surface area contributed by atoms with Crippen LogP contribution in [0.5, 0.6) is 0 Å². The molecule has 1 aliphatic heterocycles. The molecule has 0 N–H and O–H groups in total. The van der Waals surface area contributed by atoms with E-state index in [4.69, 9.17) is 0 Å². The second-order valence-corrected chi connectivity index (χ2v) is 7.27. The Kier molecular flexibility index (Phi) is 5.06. The van der Waals surface area contributed by atoms with E-state index < -0.39 is 0 Å². The molecule has 0 fully saturated rings. The third kappa shape index (κ3) is 3.52. The van der Waals surface area contributed by atoms with Gasteiger partial charge in [-0.1, -0.05) is 92.2 Å². The standard InChI is InChI=1S/C25H25NO/c1-2-10-22-17-21-15-9-16-23(20-13-7-4-8-14-20)24(21)25(27)26(22)18-19-11-5-3-6-12-19/h3-9,11-16,22H,2,10,17-18H2,1H3. The average molecular weight is 355 g/mol. The van der Waals surface area contributed by atoms with Crippen molar-refractivity contribution in [1.29, 1.82) is 0 Å². The van der Waals surface area contributed by atoms with E-state index >= 15 is 0 Å². The maximum Gasteiger partial charge on any atom is 0.255 e.